The number of benzene rings is 1. The molecule has 20 heavy (non-hydrogen) atoms. The highest BCUT2D eigenvalue weighted by atomic mass is 32.2. The van der Waals surface area contributed by atoms with Gasteiger partial charge in [-0.1, -0.05) is 0 Å². The van der Waals surface area contributed by atoms with Crippen molar-refractivity contribution in [3.05, 3.63) is 48.2 Å². The van der Waals surface area contributed by atoms with E-state index in [1.165, 1.54) is 11.8 Å². The first-order chi connectivity index (χ1) is 9.52. The second kappa shape index (κ2) is 6.33. The van der Waals surface area contributed by atoms with Crippen LogP contribution in [0.1, 0.15) is 0 Å². The lowest BCUT2D eigenvalue weighted by molar-refractivity contribution is -0.113. The average molecular weight is 295 g/mol. The van der Waals surface area contributed by atoms with E-state index >= 15 is 0 Å². The molecule has 0 unspecified atom stereocenters. The summed E-state index contributed by atoms with van der Waals surface area (Å²) in [6.07, 6.45) is 1.55. The number of hydrogen-bond donors (Lipinski definition) is 2. The molecule has 3 N–H and O–H groups in total. The zero-order valence-electron chi connectivity index (χ0n) is 10.3. The maximum Gasteiger partial charge on any atom is 0.234 e. The summed E-state index contributed by atoms with van der Waals surface area (Å²) >= 11 is 1.25. The number of nitrogens with zero attached hydrogens (tertiary/aromatic N) is 1. The largest absolute Gasteiger partial charge is 0.384 e. The Kier molecular flexibility index (Phi) is 4.52. The van der Waals surface area contributed by atoms with Crippen molar-refractivity contribution in [3.63, 3.8) is 0 Å². The van der Waals surface area contributed by atoms with Crippen LogP contribution in [0.2, 0.25) is 0 Å². The fourth-order valence-corrected chi connectivity index (χ4v) is 2.11. The number of hydrogen-bond acceptors (Lipinski definition) is 4. The van der Waals surface area contributed by atoms with Gasteiger partial charge in [0.2, 0.25) is 5.91 Å². The number of carbonyl (C=O) groups excluding carboxylic acids is 1. The summed E-state index contributed by atoms with van der Waals surface area (Å²) in [5.41, 5.74) is 5.53. The summed E-state index contributed by atoms with van der Waals surface area (Å²) in [4.78, 5) is 16.3. The Morgan fingerprint density at radius 3 is 2.55 bits per heavy atom. The van der Waals surface area contributed by atoms with Crippen LogP contribution in [0.4, 0.5) is 20.3 Å². The number of rotatable bonds is 4. The molecule has 1 aromatic carbocycles. The number of aromatic nitrogens is 1. The first-order valence-electron chi connectivity index (χ1n) is 5.63. The van der Waals surface area contributed by atoms with E-state index < -0.39 is 11.6 Å². The Labute approximate surface area is 118 Å². The van der Waals surface area contributed by atoms with Crippen LogP contribution in [0.15, 0.2) is 41.4 Å². The second-order valence-corrected chi connectivity index (χ2v) is 4.96. The summed E-state index contributed by atoms with van der Waals surface area (Å²) in [6, 6.07) is 6.21. The van der Waals surface area contributed by atoms with Gasteiger partial charge in [-0.3, -0.25) is 4.79 Å². The Balaban J connectivity index is 1.90. The van der Waals surface area contributed by atoms with Gasteiger partial charge in [-0.05, 0) is 24.3 Å². The Morgan fingerprint density at radius 2 is 1.95 bits per heavy atom. The van der Waals surface area contributed by atoms with Crippen molar-refractivity contribution in [3.8, 4) is 0 Å². The molecule has 0 spiro atoms. The molecule has 0 aliphatic rings. The number of anilines is 2. The van der Waals surface area contributed by atoms with Gasteiger partial charge in [0.15, 0.2) is 0 Å². The molecule has 0 aliphatic carbocycles. The summed E-state index contributed by atoms with van der Waals surface area (Å²) < 4.78 is 25.9. The van der Waals surface area contributed by atoms with Gasteiger partial charge in [-0.2, -0.15) is 0 Å². The van der Waals surface area contributed by atoms with Gasteiger partial charge in [0, 0.05) is 22.8 Å². The minimum Gasteiger partial charge on any atom is -0.384 e. The van der Waals surface area contributed by atoms with E-state index in [9.17, 15) is 13.6 Å². The van der Waals surface area contributed by atoms with Crippen molar-refractivity contribution in [1.82, 2.24) is 4.98 Å². The van der Waals surface area contributed by atoms with Crippen molar-refractivity contribution in [2.75, 3.05) is 16.8 Å². The predicted octanol–water partition coefficient (Wildman–Crippen LogP) is 2.67. The highest BCUT2D eigenvalue weighted by Crippen LogP contribution is 2.18. The quantitative estimate of drug-likeness (QED) is 0.851. The van der Waals surface area contributed by atoms with Crippen molar-refractivity contribution in [2.45, 2.75) is 4.90 Å². The van der Waals surface area contributed by atoms with Crippen molar-refractivity contribution < 1.29 is 13.6 Å². The maximum absolute atomic E-state index is 13.0. The standard InChI is InChI=1S/C13H11F2N3OS/c14-8-3-9(15)5-10(4-8)18-13(19)7-20-11-1-2-12(16)17-6-11/h1-6H,7H2,(H2,16,17)(H,18,19). The molecule has 0 fully saturated rings. The van der Waals surface area contributed by atoms with Crippen molar-refractivity contribution in [2.24, 2.45) is 0 Å². The van der Waals surface area contributed by atoms with E-state index in [4.69, 9.17) is 5.73 Å². The highest BCUT2D eigenvalue weighted by Gasteiger charge is 2.06. The van der Waals surface area contributed by atoms with Gasteiger partial charge in [-0.25, -0.2) is 13.8 Å². The minimum absolute atomic E-state index is 0.0866. The number of carbonyl (C=O) groups is 1. The Bertz CT molecular complexity index is 599. The molecule has 0 aliphatic heterocycles. The number of nitrogens with one attached hydrogen (secondary N) is 1. The van der Waals surface area contributed by atoms with Crippen LogP contribution in [0.3, 0.4) is 0 Å². The SMILES string of the molecule is Nc1ccc(SCC(=O)Nc2cc(F)cc(F)c2)cn1. The summed E-state index contributed by atoms with van der Waals surface area (Å²) in [5.74, 6) is -1.35. The monoisotopic (exact) mass is 295 g/mol. The second-order valence-electron chi connectivity index (χ2n) is 3.91. The molecule has 0 saturated heterocycles. The fraction of sp³-hybridized carbons (Fsp3) is 0.0769. The molecule has 1 aromatic heterocycles. The average Bonchev–Trinajstić information content (AvgIpc) is 2.37. The van der Waals surface area contributed by atoms with Crippen LogP contribution in [0.25, 0.3) is 0 Å². The molecular formula is C13H11F2N3OS. The van der Waals surface area contributed by atoms with Gasteiger partial charge in [-0.15, -0.1) is 11.8 Å². The smallest absolute Gasteiger partial charge is 0.234 e. The topological polar surface area (TPSA) is 68.0 Å². The minimum atomic E-state index is -0.740. The highest BCUT2D eigenvalue weighted by molar-refractivity contribution is 8.00. The number of nitrogens with two attached hydrogens (primary N) is 1. The zero-order chi connectivity index (χ0) is 14.5. The molecular weight excluding hydrogens is 284 g/mol. The number of amides is 1. The lowest BCUT2D eigenvalue weighted by Crippen LogP contribution is -2.14. The van der Waals surface area contributed by atoms with Gasteiger partial charge in [0.1, 0.15) is 17.5 Å². The third kappa shape index (κ3) is 4.20. The van der Waals surface area contributed by atoms with Crippen LogP contribution in [-0.4, -0.2) is 16.6 Å². The molecule has 0 atom stereocenters. The zero-order valence-corrected chi connectivity index (χ0v) is 11.1. The molecule has 4 nitrogen and oxygen atoms in total. The fourth-order valence-electron chi connectivity index (χ4n) is 1.45. The van der Waals surface area contributed by atoms with Crippen molar-refractivity contribution in [1.29, 1.82) is 0 Å². The van der Waals surface area contributed by atoms with E-state index in [2.05, 4.69) is 10.3 Å². The summed E-state index contributed by atoms with van der Waals surface area (Å²) in [7, 11) is 0. The van der Waals surface area contributed by atoms with Crippen LogP contribution in [-0.2, 0) is 4.79 Å². The molecule has 7 heteroatoms. The number of pyridine rings is 1. The molecule has 2 aromatic rings. The molecule has 1 heterocycles. The molecule has 0 bridgehead atoms. The number of thioether (sulfide) groups is 1. The lowest BCUT2D eigenvalue weighted by Gasteiger charge is -2.05. The van der Waals surface area contributed by atoms with Crippen LogP contribution >= 0.6 is 11.8 Å². The molecule has 1 amide bonds. The van der Waals surface area contributed by atoms with Gasteiger partial charge in [0.25, 0.3) is 0 Å². The Hall–Kier alpha value is -2.15. The van der Waals surface area contributed by atoms with Crippen LogP contribution in [0.5, 0.6) is 0 Å². The van der Waals surface area contributed by atoms with Crippen LogP contribution in [0, 0.1) is 11.6 Å². The third-order valence-electron chi connectivity index (χ3n) is 2.28. The molecule has 2 rings (SSSR count). The van der Waals surface area contributed by atoms with Crippen molar-refractivity contribution >= 4 is 29.2 Å². The van der Waals surface area contributed by atoms with Gasteiger partial charge >= 0.3 is 0 Å². The Morgan fingerprint density at radius 1 is 1.25 bits per heavy atom. The van der Waals surface area contributed by atoms with E-state index in [0.717, 1.165) is 23.1 Å². The van der Waals surface area contributed by atoms with Gasteiger partial charge < -0.3 is 11.1 Å². The number of halogens is 2. The van der Waals surface area contributed by atoms with Crippen LogP contribution < -0.4 is 11.1 Å². The van der Waals surface area contributed by atoms with E-state index in [-0.39, 0.29) is 17.3 Å². The molecule has 0 saturated carbocycles. The normalized spacial score (nSPS) is 10.3. The van der Waals surface area contributed by atoms with E-state index in [1.807, 2.05) is 0 Å². The molecule has 104 valence electrons. The van der Waals surface area contributed by atoms with E-state index in [0.29, 0.717) is 5.82 Å². The van der Waals surface area contributed by atoms with E-state index in [1.54, 1.807) is 18.3 Å². The summed E-state index contributed by atoms with van der Waals surface area (Å²) in [6.45, 7) is 0. The maximum atomic E-state index is 13.0. The third-order valence-corrected chi connectivity index (χ3v) is 3.26. The molecule has 0 radical (unpaired) electrons. The van der Waals surface area contributed by atoms with Gasteiger partial charge in [0.05, 0.1) is 5.75 Å². The lowest BCUT2D eigenvalue weighted by atomic mass is 10.3. The first-order valence-corrected chi connectivity index (χ1v) is 6.62. The number of nitrogen functional groups attached to an aromatic ring is 1. The predicted molar refractivity (Wildman–Crippen MR) is 74.4 cm³/mol. The first kappa shape index (κ1) is 14.3. The summed E-state index contributed by atoms with van der Waals surface area (Å²) in [5, 5.41) is 2.42.